The molecule has 0 aliphatic carbocycles. The maximum absolute atomic E-state index is 11.5. The van der Waals surface area contributed by atoms with Crippen molar-refractivity contribution in [1.82, 2.24) is 0 Å². The molecule has 1 rings (SSSR count). The van der Waals surface area contributed by atoms with E-state index in [9.17, 15) is 24.6 Å². The topological polar surface area (TPSA) is 107 Å². The van der Waals surface area contributed by atoms with Gasteiger partial charge in [-0.05, 0) is 25.3 Å². The number of carbonyl (C=O) groups excluding carboxylic acids is 3. The van der Waals surface area contributed by atoms with Crippen molar-refractivity contribution in [3.05, 3.63) is 35.4 Å². The minimum atomic E-state index is -1.37. The Morgan fingerprint density at radius 2 is 1.03 bits per heavy atom. The van der Waals surface area contributed by atoms with Crippen LogP contribution in [0.2, 0.25) is 0 Å². The molecule has 0 saturated carbocycles. The van der Waals surface area contributed by atoms with E-state index in [2.05, 4.69) is 6.92 Å². The van der Waals surface area contributed by atoms with Crippen LogP contribution in [0.15, 0.2) is 24.3 Å². The molecule has 0 fully saturated rings. The van der Waals surface area contributed by atoms with Gasteiger partial charge in [-0.15, -0.1) is 0 Å². The Hall–Kier alpha value is -0.799. The molecule has 0 aliphatic heterocycles. The van der Waals surface area contributed by atoms with Gasteiger partial charge in [-0.2, -0.15) is 0 Å². The number of esters is 1. The van der Waals surface area contributed by atoms with Gasteiger partial charge in [0.2, 0.25) is 0 Å². The normalized spacial score (nSPS) is 10.1. The summed E-state index contributed by atoms with van der Waals surface area (Å²) in [5.41, 5.74) is -0.0948. The van der Waals surface area contributed by atoms with Gasteiger partial charge < -0.3 is 24.5 Å². The number of ether oxygens (including phenoxy) is 1. The summed E-state index contributed by atoms with van der Waals surface area (Å²) in [5, 5.41) is 21.0. The van der Waals surface area contributed by atoms with E-state index < -0.39 is 17.9 Å². The fourth-order valence-electron chi connectivity index (χ4n) is 3.87. The third kappa shape index (κ3) is 24.0. The smallest absolute Gasteiger partial charge is 0.550 e. The van der Waals surface area contributed by atoms with Gasteiger partial charge in [0.1, 0.15) is 0 Å². The summed E-state index contributed by atoms with van der Waals surface area (Å²) < 4.78 is 4.93. The molecule has 1 aromatic rings. The van der Waals surface area contributed by atoms with Gasteiger partial charge in [0, 0.05) is 11.5 Å². The first-order chi connectivity index (χ1) is 17.4. The molecule has 0 spiro atoms. The fourth-order valence-corrected chi connectivity index (χ4v) is 3.87. The molecule has 0 N–H and O–H groups in total. The predicted molar refractivity (Wildman–Crippen MR) is 146 cm³/mol. The quantitative estimate of drug-likeness (QED) is 0.0980. The Labute approximate surface area is 265 Å². The molecular formula is C30H48BaO6. The number of unbranched alkanes of at least 4 members (excludes halogenated alkanes) is 15. The van der Waals surface area contributed by atoms with Crippen LogP contribution in [0.25, 0.3) is 0 Å². The Balaban J connectivity index is 0. The number of aliphatic carboxylic acids is 1. The van der Waals surface area contributed by atoms with Crippen molar-refractivity contribution >= 4 is 66.8 Å². The summed E-state index contributed by atoms with van der Waals surface area (Å²) >= 11 is 0. The Morgan fingerprint density at radius 3 is 1.43 bits per heavy atom. The number of carboxylic acids is 2. The van der Waals surface area contributed by atoms with Crippen LogP contribution in [-0.2, 0) is 9.53 Å². The van der Waals surface area contributed by atoms with Crippen LogP contribution in [-0.4, -0.2) is 73.4 Å². The summed E-state index contributed by atoms with van der Waals surface area (Å²) in [6.07, 6.45) is 21.5. The second-order valence-electron chi connectivity index (χ2n) is 9.39. The maximum Gasteiger partial charge on any atom is 2.00 e. The number of hydrogen-bond donors (Lipinski definition) is 0. The third-order valence-corrected chi connectivity index (χ3v) is 6.08. The minimum absolute atomic E-state index is 0. The first kappa shape index (κ1) is 38.3. The molecule has 0 saturated heterocycles. The molecule has 0 heterocycles. The number of aromatic carboxylic acids is 1. The van der Waals surface area contributed by atoms with Gasteiger partial charge in [-0.25, -0.2) is 4.79 Å². The zero-order valence-electron chi connectivity index (χ0n) is 23.4. The average Bonchev–Trinajstić information content (AvgIpc) is 2.86. The van der Waals surface area contributed by atoms with E-state index in [0.717, 1.165) is 25.7 Å². The molecule has 206 valence electrons. The van der Waals surface area contributed by atoms with Gasteiger partial charge in [-0.1, -0.05) is 128 Å². The largest absolute Gasteiger partial charge is 2.00 e. The van der Waals surface area contributed by atoms with Gasteiger partial charge >= 0.3 is 54.9 Å². The maximum atomic E-state index is 11.5. The van der Waals surface area contributed by atoms with Crippen molar-refractivity contribution in [3.8, 4) is 0 Å². The molecule has 7 heteroatoms. The van der Waals surface area contributed by atoms with Gasteiger partial charge in [0.05, 0.1) is 18.1 Å². The minimum Gasteiger partial charge on any atom is -0.550 e. The van der Waals surface area contributed by atoms with Crippen LogP contribution in [0.5, 0.6) is 0 Å². The molecule has 0 radical (unpaired) electrons. The zero-order valence-corrected chi connectivity index (χ0v) is 27.8. The summed E-state index contributed by atoms with van der Waals surface area (Å²) in [6, 6.07) is 5.86. The molecule has 37 heavy (non-hydrogen) atoms. The van der Waals surface area contributed by atoms with Gasteiger partial charge in [0.25, 0.3) is 0 Å². The molecule has 1 aromatic carbocycles. The van der Waals surface area contributed by atoms with Crippen molar-refractivity contribution in [2.75, 3.05) is 6.61 Å². The number of rotatable bonds is 21. The van der Waals surface area contributed by atoms with E-state index in [-0.39, 0.29) is 66.4 Å². The van der Waals surface area contributed by atoms with Crippen LogP contribution in [0, 0.1) is 0 Å². The van der Waals surface area contributed by atoms with Crippen LogP contribution < -0.4 is 10.2 Å². The standard InChI is InChI=1S/C18H36O2.C12H14O4.Ba/c1-2-3-4-5-6-7-8-9-10-11-12-13-14-15-16-17-18(19)20;1-2-3-8-16-12(15)10-7-5-4-6-9(10)11(13)14;/h2-17H2,1H3,(H,19,20);4-7H,2-3,8H2,1H3,(H,13,14);/q;;+2/p-2. The Kier molecular flexibility index (Phi) is 29.2. The van der Waals surface area contributed by atoms with E-state index in [1.54, 1.807) is 6.07 Å². The van der Waals surface area contributed by atoms with E-state index in [1.165, 1.54) is 102 Å². The molecule has 0 aromatic heterocycles. The van der Waals surface area contributed by atoms with Crippen LogP contribution in [0.1, 0.15) is 150 Å². The molecule has 0 atom stereocenters. The number of benzene rings is 1. The summed E-state index contributed by atoms with van der Waals surface area (Å²) in [4.78, 5) is 32.5. The summed E-state index contributed by atoms with van der Waals surface area (Å²) in [5.74, 6) is -2.89. The van der Waals surface area contributed by atoms with Crippen molar-refractivity contribution in [2.24, 2.45) is 0 Å². The molecule has 0 bridgehead atoms. The van der Waals surface area contributed by atoms with E-state index in [4.69, 9.17) is 4.74 Å². The number of carbonyl (C=O) groups is 3. The molecule has 0 amide bonds. The van der Waals surface area contributed by atoms with Crippen molar-refractivity contribution in [1.29, 1.82) is 0 Å². The first-order valence-electron chi connectivity index (χ1n) is 14.1. The van der Waals surface area contributed by atoms with Crippen LogP contribution in [0.4, 0.5) is 0 Å². The molecule has 0 aliphatic rings. The average molecular weight is 642 g/mol. The third-order valence-electron chi connectivity index (χ3n) is 6.08. The first-order valence-corrected chi connectivity index (χ1v) is 14.1. The number of hydrogen-bond acceptors (Lipinski definition) is 6. The van der Waals surface area contributed by atoms with Gasteiger partial charge in [-0.3, -0.25) is 0 Å². The van der Waals surface area contributed by atoms with Crippen LogP contribution in [0.3, 0.4) is 0 Å². The monoisotopic (exact) mass is 642 g/mol. The predicted octanol–water partition coefficient (Wildman–Crippen LogP) is 5.62. The zero-order chi connectivity index (χ0) is 26.9. The summed E-state index contributed by atoms with van der Waals surface area (Å²) in [7, 11) is 0. The van der Waals surface area contributed by atoms with Crippen molar-refractivity contribution in [3.63, 3.8) is 0 Å². The van der Waals surface area contributed by atoms with Crippen molar-refractivity contribution < 1.29 is 29.3 Å². The fraction of sp³-hybridized carbons (Fsp3) is 0.700. The Bertz CT molecular complexity index is 707. The summed E-state index contributed by atoms with van der Waals surface area (Å²) in [6.45, 7) is 4.54. The Morgan fingerprint density at radius 1 is 0.622 bits per heavy atom. The van der Waals surface area contributed by atoms with E-state index in [1.807, 2.05) is 6.92 Å². The van der Waals surface area contributed by atoms with E-state index >= 15 is 0 Å². The second-order valence-corrected chi connectivity index (χ2v) is 9.39. The molecule has 6 nitrogen and oxygen atoms in total. The van der Waals surface area contributed by atoms with Crippen LogP contribution >= 0.6 is 0 Å². The van der Waals surface area contributed by atoms with E-state index in [0.29, 0.717) is 6.61 Å². The van der Waals surface area contributed by atoms with Gasteiger partial charge in [0.15, 0.2) is 0 Å². The van der Waals surface area contributed by atoms with Crippen molar-refractivity contribution in [2.45, 2.75) is 129 Å². The molecule has 0 unspecified atom stereocenters. The second kappa shape index (κ2) is 28.2. The number of carboxylic acid groups (broad SMARTS) is 2. The SMILES string of the molecule is CCCCCCCCCCCCCCCCCC(=O)[O-].CCCCOC(=O)c1ccccc1C(=O)[O-].[Ba+2]. The molecular weight excluding hydrogens is 594 g/mol.